The predicted octanol–water partition coefficient (Wildman–Crippen LogP) is 4.81. The number of nitrogens with two attached hydrogens (primary N) is 1. The van der Waals surface area contributed by atoms with Gasteiger partial charge in [-0.15, -0.1) is 0 Å². The van der Waals surface area contributed by atoms with Crippen molar-refractivity contribution >= 4 is 23.1 Å². The van der Waals surface area contributed by atoms with Gasteiger partial charge in [0.05, 0.1) is 22.9 Å². The van der Waals surface area contributed by atoms with Gasteiger partial charge < -0.3 is 16.0 Å². The van der Waals surface area contributed by atoms with Crippen molar-refractivity contribution in [2.24, 2.45) is 11.8 Å². The minimum Gasteiger partial charge on any atom is -0.382 e. The van der Waals surface area contributed by atoms with Gasteiger partial charge in [0.1, 0.15) is 11.8 Å². The quantitative estimate of drug-likeness (QED) is 0.405. The molecule has 232 valence electrons. The Hall–Kier alpha value is -4.05. The fraction of sp³-hybridized carbons (Fsp3) is 0.500. The van der Waals surface area contributed by atoms with Gasteiger partial charge in [0.15, 0.2) is 11.5 Å². The molecule has 0 aromatic carbocycles. The molecule has 2 aliphatic rings. The van der Waals surface area contributed by atoms with Crippen LogP contribution < -0.4 is 11.1 Å². The van der Waals surface area contributed by atoms with Gasteiger partial charge in [0.25, 0.3) is 5.91 Å². The summed E-state index contributed by atoms with van der Waals surface area (Å²) in [5.41, 5.74) is 0.631. The van der Waals surface area contributed by atoms with Crippen molar-refractivity contribution in [3.63, 3.8) is 0 Å². The minimum absolute atomic E-state index is 0.00217. The molecule has 0 spiro atoms. The fourth-order valence-electron chi connectivity index (χ4n) is 5.62. The largest absolute Gasteiger partial charge is 0.434 e. The third-order valence-electron chi connectivity index (χ3n) is 7.89. The van der Waals surface area contributed by atoms with E-state index in [0.717, 1.165) is 16.9 Å². The van der Waals surface area contributed by atoms with E-state index in [0.29, 0.717) is 12.3 Å². The molecule has 1 aliphatic carbocycles. The number of halogens is 8. The Bertz CT molecular complexity index is 1560. The lowest BCUT2D eigenvalue weighted by molar-refractivity contribution is -0.141. The molecule has 1 aliphatic heterocycles. The van der Waals surface area contributed by atoms with Crippen LogP contribution in [-0.4, -0.2) is 61.4 Å². The molecule has 2 atom stereocenters. The number of rotatable bonds is 4. The first-order chi connectivity index (χ1) is 20.0. The smallest absolute Gasteiger partial charge is 0.382 e. The van der Waals surface area contributed by atoms with Crippen molar-refractivity contribution in [1.82, 2.24) is 29.8 Å². The summed E-state index contributed by atoms with van der Waals surface area (Å²) < 4.78 is 111. The maximum absolute atomic E-state index is 13.9. The molecule has 4 heterocycles. The summed E-state index contributed by atoms with van der Waals surface area (Å²) in [5, 5.41) is 6.25. The molecule has 5 rings (SSSR count). The molecular weight excluding hydrogens is 594 g/mol. The monoisotopic (exact) mass is 619 g/mol. The zero-order valence-corrected chi connectivity index (χ0v) is 22.4. The first-order valence-corrected chi connectivity index (χ1v) is 13.2. The van der Waals surface area contributed by atoms with Crippen LogP contribution in [0.3, 0.4) is 0 Å². The number of fused-ring (bicyclic) bond motifs is 1. The van der Waals surface area contributed by atoms with Gasteiger partial charge >= 0.3 is 12.4 Å². The molecule has 1 saturated carbocycles. The molecule has 2 fully saturated rings. The summed E-state index contributed by atoms with van der Waals surface area (Å²) in [5.74, 6) is -5.94. The van der Waals surface area contributed by atoms with E-state index in [2.05, 4.69) is 20.4 Å². The molecule has 1 unspecified atom stereocenters. The average Bonchev–Trinajstić information content (AvgIpc) is 3.49. The maximum atomic E-state index is 13.9. The van der Waals surface area contributed by atoms with Crippen molar-refractivity contribution in [2.75, 3.05) is 18.8 Å². The molecule has 3 aromatic heterocycles. The second kappa shape index (κ2) is 10.6. The summed E-state index contributed by atoms with van der Waals surface area (Å²) >= 11 is 0. The maximum Gasteiger partial charge on any atom is 0.434 e. The summed E-state index contributed by atoms with van der Waals surface area (Å²) in [6.45, 7) is 1.77. The lowest BCUT2D eigenvalue weighted by atomic mass is 9.86. The summed E-state index contributed by atoms with van der Waals surface area (Å²) in [4.78, 5) is 34.5. The van der Waals surface area contributed by atoms with Crippen LogP contribution >= 0.6 is 0 Å². The van der Waals surface area contributed by atoms with Crippen molar-refractivity contribution in [3.8, 4) is 11.3 Å². The van der Waals surface area contributed by atoms with Crippen LogP contribution in [0, 0.1) is 11.8 Å². The highest BCUT2D eigenvalue weighted by atomic mass is 19.4. The van der Waals surface area contributed by atoms with E-state index in [1.54, 1.807) is 6.92 Å². The van der Waals surface area contributed by atoms with Crippen LogP contribution in [0.2, 0.25) is 0 Å². The number of carbonyl (C=O) groups is 2. The third kappa shape index (κ3) is 5.93. The van der Waals surface area contributed by atoms with Crippen molar-refractivity contribution < 1.29 is 44.7 Å². The second-order valence-electron chi connectivity index (χ2n) is 10.9. The Morgan fingerprint density at radius 2 is 1.70 bits per heavy atom. The van der Waals surface area contributed by atoms with E-state index in [4.69, 9.17) is 5.73 Å². The SMILES string of the molecule is C[C@H]1CN(C(=O)C2CCC(F)(F)CC2)CC1NC(=O)c1cc(-c2cc(C(F)(F)F)c3c(N)ncnn23)cnc1C(F)(F)F. The predicted molar refractivity (Wildman–Crippen MR) is 135 cm³/mol. The van der Waals surface area contributed by atoms with Crippen molar-refractivity contribution in [3.05, 3.63) is 41.5 Å². The number of aromatic nitrogens is 4. The number of carbonyl (C=O) groups excluding carboxylic acids is 2. The standard InChI is InChI=1S/C26H25F8N7O2/c1-12-9-40(23(43)13-2-4-24(27,28)5-3-13)10-17(12)39-22(42)15-6-14(8-36-20(15)26(32,33)34)18-7-16(25(29,30)31)19-21(35)37-11-38-41(18)19/h6-8,11-13,17H,2-5,9-10H2,1H3,(H,39,42)(H2,35,37,38)/t12-,17?/m0/s1. The minimum atomic E-state index is -5.09. The van der Waals surface area contributed by atoms with Gasteiger partial charge in [-0.3, -0.25) is 14.6 Å². The highest BCUT2D eigenvalue weighted by Crippen LogP contribution is 2.40. The van der Waals surface area contributed by atoms with E-state index in [-0.39, 0.29) is 43.1 Å². The van der Waals surface area contributed by atoms with Gasteiger partial charge in [-0.1, -0.05) is 6.92 Å². The first-order valence-electron chi connectivity index (χ1n) is 13.2. The fourth-order valence-corrected chi connectivity index (χ4v) is 5.62. The molecule has 9 nitrogen and oxygen atoms in total. The molecule has 3 N–H and O–H groups in total. The molecule has 1 saturated heterocycles. The van der Waals surface area contributed by atoms with Crippen LogP contribution in [0.25, 0.3) is 16.8 Å². The zero-order valence-electron chi connectivity index (χ0n) is 22.4. The Morgan fingerprint density at radius 1 is 1.02 bits per heavy atom. The molecule has 17 heteroatoms. The number of amides is 2. The van der Waals surface area contributed by atoms with Crippen LogP contribution in [0.15, 0.2) is 24.7 Å². The Kier molecular flexibility index (Phi) is 7.49. The number of likely N-dealkylation sites (tertiary alicyclic amines) is 1. The third-order valence-corrected chi connectivity index (χ3v) is 7.89. The molecular formula is C26H25F8N7O2. The van der Waals surface area contributed by atoms with Gasteiger partial charge in [0.2, 0.25) is 11.8 Å². The van der Waals surface area contributed by atoms with Crippen LogP contribution in [0.4, 0.5) is 40.9 Å². The molecule has 3 aromatic rings. The second-order valence-corrected chi connectivity index (χ2v) is 10.9. The molecule has 43 heavy (non-hydrogen) atoms. The number of anilines is 1. The number of pyridine rings is 1. The topological polar surface area (TPSA) is 119 Å². The molecule has 0 radical (unpaired) electrons. The van der Waals surface area contributed by atoms with Crippen molar-refractivity contribution in [2.45, 2.75) is 56.9 Å². The van der Waals surface area contributed by atoms with Gasteiger partial charge in [-0.2, -0.15) is 31.4 Å². The van der Waals surface area contributed by atoms with Gasteiger partial charge in [-0.05, 0) is 30.9 Å². The summed E-state index contributed by atoms with van der Waals surface area (Å²) in [7, 11) is 0. The number of hydrogen-bond acceptors (Lipinski definition) is 6. The van der Waals surface area contributed by atoms with Gasteiger partial charge in [0, 0.05) is 43.6 Å². The number of nitrogens with zero attached hydrogens (tertiary/aromatic N) is 5. The van der Waals surface area contributed by atoms with E-state index in [1.165, 1.54) is 4.90 Å². The number of hydrogen-bond donors (Lipinski definition) is 2. The number of nitrogens with one attached hydrogen (secondary N) is 1. The van der Waals surface area contributed by atoms with Crippen molar-refractivity contribution in [1.29, 1.82) is 0 Å². The van der Waals surface area contributed by atoms with E-state index < -0.39 is 83.1 Å². The normalized spacial score (nSPS) is 21.4. The zero-order chi connectivity index (χ0) is 31.5. The van der Waals surface area contributed by atoms with Crippen LogP contribution in [-0.2, 0) is 17.1 Å². The Balaban J connectivity index is 1.43. The highest BCUT2D eigenvalue weighted by Gasteiger charge is 2.43. The summed E-state index contributed by atoms with van der Waals surface area (Å²) in [6.07, 6.45) is -9.31. The summed E-state index contributed by atoms with van der Waals surface area (Å²) in [6, 6.07) is 0.594. The number of alkyl halides is 8. The van der Waals surface area contributed by atoms with E-state index in [1.807, 2.05) is 0 Å². The van der Waals surface area contributed by atoms with E-state index in [9.17, 15) is 44.7 Å². The van der Waals surface area contributed by atoms with Crippen LogP contribution in [0.5, 0.6) is 0 Å². The number of nitrogen functional groups attached to an aromatic ring is 1. The van der Waals surface area contributed by atoms with E-state index >= 15 is 0 Å². The highest BCUT2D eigenvalue weighted by molar-refractivity contribution is 5.97. The first kappa shape index (κ1) is 30.4. The van der Waals surface area contributed by atoms with Gasteiger partial charge in [-0.25, -0.2) is 18.3 Å². The van der Waals surface area contributed by atoms with Crippen LogP contribution in [0.1, 0.15) is 54.2 Å². The molecule has 2 amide bonds. The Labute approximate surface area is 238 Å². The lowest BCUT2D eigenvalue weighted by Gasteiger charge is -2.30. The average molecular weight is 620 g/mol. The Morgan fingerprint density at radius 3 is 2.33 bits per heavy atom. The lowest BCUT2D eigenvalue weighted by Crippen LogP contribution is -2.42. The molecule has 0 bridgehead atoms.